The number of phenols is 1. The molecule has 0 aromatic heterocycles. The minimum atomic E-state index is -0.105. The zero-order valence-corrected chi connectivity index (χ0v) is 14.5. The summed E-state index contributed by atoms with van der Waals surface area (Å²) in [7, 11) is 1.67. The van der Waals surface area contributed by atoms with Crippen molar-refractivity contribution in [2.75, 3.05) is 20.3 Å². The Labute approximate surface area is 129 Å². The molecule has 3 heteroatoms. The molecule has 120 valence electrons. The van der Waals surface area contributed by atoms with E-state index in [0.29, 0.717) is 25.6 Å². The monoisotopic (exact) mass is 294 g/mol. The number of ether oxygens (including phenoxy) is 2. The Bertz CT molecular complexity index is 429. The van der Waals surface area contributed by atoms with E-state index in [1.807, 2.05) is 0 Å². The molecule has 3 nitrogen and oxygen atoms in total. The third kappa shape index (κ3) is 5.01. The average Bonchev–Trinajstić information content (AvgIpc) is 2.33. The minimum Gasteiger partial charge on any atom is -0.507 e. The van der Waals surface area contributed by atoms with Crippen molar-refractivity contribution in [3.63, 3.8) is 0 Å². The number of rotatable bonds is 5. The first-order valence-electron chi connectivity index (χ1n) is 7.51. The molecular weight excluding hydrogens is 264 g/mol. The van der Waals surface area contributed by atoms with E-state index < -0.39 is 0 Å². The van der Waals surface area contributed by atoms with Gasteiger partial charge in [0.25, 0.3) is 0 Å². The molecule has 0 aliphatic rings. The summed E-state index contributed by atoms with van der Waals surface area (Å²) in [5, 5.41) is 10.6. The maximum absolute atomic E-state index is 10.6. The summed E-state index contributed by atoms with van der Waals surface area (Å²) >= 11 is 0. The van der Waals surface area contributed by atoms with Gasteiger partial charge >= 0.3 is 0 Å². The fourth-order valence-corrected chi connectivity index (χ4v) is 2.25. The number of benzene rings is 1. The zero-order valence-electron chi connectivity index (χ0n) is 14.5. The summed E-state index contributed by atoms with van der Waals surface area (Å²) in [6.45, 7) is 14.4. The van der Waals surface area contributed by atoms with E-state index in [1.165, 1.54) is 0 Å². The highest BCUT2D eigenvalue weighted by Crippen LogP contribution is 2.39. The highest BCUT2D eigenvalue weighted by Gasteiger charge is 2.26. The predicted molar refractivity (Wildman–Crippen MR) is 87.0 cm³/mol. The summed E-state index contributed by atoms with van der Waals surface area (Å²) in [5.74, 6) is 0.413. The van der Waals surface area contributed by atoms with Crippen LogP contribution in [0.2, 0.25) is 0 Å². The highest BCUT2D eigenvalue weighted by atomic mass is 16.5. The van der Waals surface area contributed by atoms with E-state index >= 15 is 0 Å². The number of aromatic hydroxyl groups is 1. The Morgan fingerprint density at radius 3 is 1.76 bits per heavy atom. The largest absolute Gasteiger partial charge is 0.507 e. The van der Waals surface area contributed by atoms with Crippen molar-refractivity contribution in [3.8, 4) is 5.75 Å². The Balaban J connectivity index is 3.15. The van der Waals surface area contributed by atoms with Gasteiger partial charge in [-0.3, -0.25) is 0 Å². The first-order chi connectivity index (χ1) is 9.57. The van der Waals surface area contributed by atoms with Crippen LogP contribution in [0.4, 0.5) is 0 Å². The van der Waals surface area contributed by atoms with Crippen molar-refractivity contribution in [1.82, 2.24) is 0 Å². The third-order valence-corrected chi connectivity index (χ3v) is 3.49. The van der Waals surface area contributed by atoms with E-state index in [9.17, 15) is 5.11 Å². The molecule has 1 rings (SSSR count). The van der Waals surface area contributed by atoms with Crippen LogP contribution in [0.5, 0.6) is 5.75 Å². The molecule has 1 aromatic rings. The van der Waals surface area contributed by atoms with Crippen LogP contribution in [-0.2, 0) is 26.9 Å². The topological polar surface area (TPSA) is 38.7 Å². The van der Waals surface area contributed by atoms with Gasteiger partial charge in [0, 0.05) is 7.11 Å². The molecule has 21 heavy (non-hydrogen) atoms. The Morgan fingerprint density at radius 2 is 1.38 bits per heavy atom. The van der Waals surface area contributed by atoms with Crippen LogP contribution in [0.25, 0.3) is 0 Å². The molecule has 0 unspecified atom stereocenters. The molecule has 0 saturated carbocycles. The average molecular weight is 294 g/mol. The Morgan fingerprint density at radius 1 is 0.905 bits per heavy atom. The molecule has 0 atom stereocenters. The lowest BCUT2D eigenvalue weighted by Crippen LogP contribution is -2.18. The standard InChI is InChI=1S/C18H30O3/c1-17(2,3)14-10-13(12-21-9-8-20-7)11-15(16(14)19)18(4,5)6/h10-11,19H,8-9,12H2,1-7H3. The van der Waals surface area contributed by atoms with Crippen LogP contribution in [0, 0.1) is 0 Å². The lowest BCUT2D eigenvalue weighted by molar-refractivity contribution is 0.0615. The SMILES string of the molecule is COCCOCc1cc(C(C)(C)C)c(O)c(C(C)(C)C)c1. The first kappa shape index (κ1) is 18.0. The van der Waals surface area contributed by atoms with Crippen LogP contribution in [-0.4, -0.2) is 25.4 Å². The van der Waals surface area contributed by atoms with Gasteiger partial charge < -0.3 is 14.6 Å². The molecule has 0 bridgehead atoms. The second-order valence-corrected chi connectivity index (χ2v) is 7.58. The van der Waals surface area contributed by atoms with E-state index in [1.54, 1.807) is 7.11 Å². The van der Waals surface area contributed by atoms with E-state index in [2.05, 4.69) is 53.7 Å². The van der Waals surface area contributed by atoms with E-state index in [4.69, 9.17) is 9.47 Å². The molecule has 0 saturated heterocycles. The van der Waals surface area contributed by atoms with E-state index in [0.717, 1.165) is 16.7 Å². The number of methoxy groups -OCH3 is 1. The second-order valence-electron chi connectivity index (χ2n) is 7.58. The predicted octanol–water partition coefficient (Wildman–Crippen LogP) is 4.15. The quantitative estimate of drug-likeness (QED) is 0.829. The molecule has 0 radical (unpaired) electrons. The molecule has 0 amide bonds. The molecule has 0 spiro atoms. The third-order valence-electron chi connectivity index (χ3n) is 3.49. The highest BCUT2D eigenvalue weighted by molar-refractivity contribution is 5.49. The number of phenolic OH excluding ortho intramolecular Hbond substituents is 1. The fraction of sp³-hybridized carbons (Fsp3) is 0.667. The molecule has 0 aliphatic carbocycles. The van der Waals surface area contributed by atoms with Crippen molar-refractivity contribution >= 4 is 0 Å². The summed E-state index contributed by atoms with van der Waals surface area (Å²) in [4.78, 5) is 0. The normalized spacial score (nSPS) is 12.7. The van der Waals surface area contributed by atoms with Gasteiger partial charge in [-0.25, -0.2) is 0 Å². The number of hydrogen-bond acceptors (Lipinski definition) is 3. The summed E-state index contributed by atoms with van der Waals surface area (Å²) in [6, 6.07) is 4.11. The molecule has 1 N–H and O–H groups in total. The van der Waals surface area contributed by atoms with Gasteiger partial charge in [0.2, 0.25) is 0 Å². The van der Waals surface area contributed by atoms with Crippen LogP contribution < -0.4 is 0 Å². The van der Waals surface area contributed by atoms with Gasteiger partial charge in [-0.1, -0.05) is 41.5 Å². The molecule has 0 fully saturated rings. The van der Waals surface area contributed by atoms with Gasteiger partial charge in [0.05, 0.1) is 19.8 Å². The minimum absolute atomic E-state index is 0.105. The fourth-order valence-electron chi connectivity index (χ4n) is 2.25. The van der Waals surface area contributed by atoms with Gasteiger partial charge in [-0.15, -0.1) is 0 Å². The second kappa shape index (κ2) is 6.80. The summed E-state index contributed by atoms with van der Waals surface area (Å²) < 4.78 is 10.6. The lowest BCUT2D eigenvalue weighted by atomic mass is 9.78. The zero-order chi connectivity index (χ0) is 16.3. The van der Waals surface area contributed by atoms with E-state index in [-0.39, 0.29) is 10.8 Å². The lowest BCUT2D eigenvalue weighted by Gasteiger charge is -2.28. The molecule has 0 aliphatic heterocycles. The van der Waals surface area contributed by atoms with Crippen molar-refractivity contribution in [2.24, 2.45) is 0 Å². The van der Waals surface area contributed by atoms with Crippen molar-refractivity contribution in [3.05, 3.63) is 28.8 Å². The Kier molecular flexibility index (Phi) is 5.83. The van der Waals surface area contributed by atoms with Crippen LogP contribution in [0.3, 0.4) is 0 Å². The summed E-state index contributed by atoms with van der Waals surface area (Å²) in [6.07, 6.45) is 0. The molecular formula is C18H30O3. The van der Waals surface area contributed by atoms with Gasteiger partial charge in [-0.05, 0) is 39.7 Å². The smallest absolute Gasteiger partial charge is 0.123 e. The van der Waals surface area contributed by atoms with Gasteiger partial charge in [0.15, 0.2) is 0 Å². The van der Waals surface area contributed by atoms with Gasteiger partial charge in [0.1, 0.15) is 5.75 Å². The molecule has 1 aromatic carbocycles. The van der Waals surface area contributed by atoms with Crippen molar-refractivity contribution in [2.45, 2.75) is 59.0 Å². The van der Waals surface area contributed by atoms with Crippen LogP contribution in [0.15, 0.2) is 12.1 Å². The molecule has 0 heterocycles. The number of hydrogen-bond donors (Lipinski definition) is 1. The summed E-state index contributed by atoms with van der Waals surface area (Å²) in [5.41, 5.74) is 2.83. The van der Waals surface area contributed by atoms with Crippen molar-refractivity contribution < 1.29 is 14.6 Å². The maximum atomic E-state index is 10.6. The van der Waals surface area contributed by atoms with Crippen LogP contribution in [0.1, 0.15) is 58.2 Å². The van der Waals surface area contributed by atoms with Gasteiger partial charge in [-0.2, -0.15) is 0 Å². The maximum Gasteiger partial charge on any atom is 0.123 e. The van der Waals surface area contributed by atoms with Crippen molar-refractivity contribution in [1.29, 1.82) is 0 Å². The Hall–Kier alpha value is -1.06. The first-order valence-corrected chi connectivity index (χ1v) is 7.51. The van der Waals surface area contributed by atoms with Crippen LogP contribution >= 0.6 is 0 Å².